The summed E-state index contributed by atoms with van der Waals surface area (Å²) in [7, 11) is 1.51. The average molecular weight is 480 g/mol. The molecule has 0 bridgehead atoms. The van der Waals surface area contributed by atoms with Gasteiger partial charge in [-0.15, -0.1) is 0 Å². The predicted octanol–water partition coefficient (Wildman–Crippen LogP) is 5.24. The maximum absolute atomic E-state index is 14.2. The molecule has 1 aliphatic rings. The molecule has 0 spiro atoms. The number of ketones is 1. The molecular formula is C27H26FNO6. The van der Waals surface area contributed by atoms with Crippen LogP contribution in [0, 0.1) is 11.7 Å². The minimum Gasteiger partial charge on any atom is -0.503 e. The molecule has 8 heteroatoms. The highest BCUT2D eigenvalue weighted by Crippen LogP contribution is 2.45. The third-order valence-corrected chi connectivity index (χ3v) is 5.81. The van der Waals surface area contributed by atoms with Gasteiger partial charge in [-0.2, -0.15) is 0 Å². The van der Waals surface area contributed by atoms with Gasteiger partial charge in [0.05, 0.1) is 30.7 Å². The summed E-state index contributed by atoms with van der Waals surface area (Å²) in [5, 5.41) is 10.8. The van der Waals surface area contributed by atoms with E-state index in [1.165, 1.54) is 30.2 Å². The van der Waals surface area contributed by atoms with Gasteiger partial charge in [0.2, 0.25) is 0 Å². The number of halogens is 1. The van der Waals surface area contributed by atoms with E-state index in [0.29, 0.717) is 11.3 Å². The van der Waals surface area contributed by atoms with E-state index in [-0.39, 0.29) is 30.3 Å². The van der Waals surface area contributed by atoms with Crippen molar-refractivity contribution in [2.24, 2.45) is 5.92 Å². The minimum absolute atomic E-state index is 0.0490. The third kappa shape index (κ3) is 4.70. The van der Waals surface area contributed by atoms with Gasteiger partial charge in [0.25, 0.3) is 5.91 Å². The Bertz CT molecular complexity index is 1250. The van der Waals surface area contributed by atoms with Crippen LogP contribution in [0.2, 0.25) is 0 Å². The van der Waals surface area contributed by atoms with Crippen LogP contribution in [0.1, 0.15) is 25.5 Å². The number of Topliss-reactive ketones (excluding diaryl/α,β-unsaturated/α-hetero) is 1. The molecule has 2 aromatic carbocycles. The fourth-order valence-corrected chi connectivity index (χ4v) is 4.07. The number of rotatable bonds is 9. The molecule has 35 heavy (non-hydrogen) atoms. The number of hydrogen-bond acceptors (Lipinski definition) is 6. The van der Waals surface area contributed by atoms with Crippen molar-refractivity contribution in [1.82, 2.24) is 0 Å². The van der Waals surface area contributed by atoms with Crippen molar-refractivity contribution in [3.05, 3.63) is 83.8 Å². The Balaban J connectivity index is 1.83. The number of ether oxygens (including phenoxy) is 2. The van der Waals surface area contributed by atoms with E-state index in [2.05, 4.69) is 0 Å². The second-order valence-corrected chi connectivity index (χ2v) is 8.44. The lowest BCUT2D eigenvalue weighted by Gasteiger charge is -2.29. The highest BCUT2D eigenvalue weighted by Gasteiger charge is 2.46. The van der Waals surface area contributed by atoms with Gasteiger partial charge in [0.15, 0.2) is 11.5 Å². The second-order valence-electron chi connectivity index (χ2n) is 8.44. The molecule has 1 N–H and O–H groups in total. The van der Waals surface area contributed by atoms with Crippen molar-refractivity contribution in [3.8, 4) is 16.9 Å². The monoisotopic (exact) mass is 479 g/mol. The average Bonchev–Trinajstić information content (AvgIpc) is 3.46. The Morgan fingerprint density at radius 3 is 2.49 bits per heavy atom. The molecule has 182 valence electrons. The van der Waals surface area contributed by atoms with Gasteiger partial charge in [-0.1, -0.05) is 26.0 Å². The summed E-state index contributed by atoms with van der Waals surface area (Å²) in [5.41, 5.74) is 2.52. The van der Waals surface area contributed by atoms with Crippen LogP contribution in [0.15, 0.2) is 76.8 Å². The van der Waals surface area contributed by atoms with Crippen molar-refractivity contribution in [3.63, 3.8) is 0 Å². The van der Waals surface area contributed by atoms with Crippen molar-refractivity contribution < 1.29 is 33.0 Å². The molecule has 0 fully saturated rings. The molecule has 4 rings (SSSR count). The van der Waals surface area contributed by atoms with Crippen molar-refractivity contribution >= 4 is 17.4 Å². The van der Waals surface area contributed by atoms with E-state index in [0.717, 1.165) is 11.1 Å². The Morgan fingerprint density at radius 1 is 1.11 bits per heavy atom. The summed E-state index contributed by atoms with van der Waals surface area (Å²) < 4.78 is 30.1. The summed E-state index contributed by atoms with van der Waals surface area (Å²) >= 11 is 0. The number of carbonyl (C=O) groups excluding carboxylic acids is 2. The molecular weight excluding hydrogens is 453 g/mol. The van der Waals surface area contributed by atoms with E-state index in [4.69, 9.17) is 13.9 Å². The Hall–Kier alpha value is -3.91. The molecule has 0 aliphatic carbocycles. The fraction of sp³-hybridized carbons (Fsp3) is 0.259. The summed E-state index contributed by atoms with van der Waals surface area (Å²) in [6.45, 7) is 3.77. The normalized spacial score (nSPS) is 15.9. The molecule has 2 heterocycles. The van der Waals surface area contributed by atoms with Crippen LogP contribution in [-0.4, -0.2) is 37.1 Å². The maximum Gasteiger partial charge on any atom is 0.294 e. The number of hydrogen-bond donors (Lipinski definition) is 1. The number of furan rings is 1. The Labute approximate surface area is 202 Å². The van der Waals surface area contributed by atoms with Gasteiger partial charge in [-0.05, 0) is 35.9 Å². The summed E-state index contributed by atoms with van der Waals surface area (Å²) in [5.74, 6) is -2.59. The molecule has 1 amide bonds. The highest BCUT2D eigenvalue weighted by atomic mass is 19.1. The zero-order valence-electron chi connectivity index (χ0n) is 19.7. The van der Waals surface area contributed by atoms with Crippen molar-refractivity contribution in [1.29, 1.82) is 0 Å². The van der Waals surface area contributed by atoms with Gasteiger partial charge in [-0.25, -0.2) is 4.39 Å². The molecule has 1 aliphatic heterocycles. The first kappa shape index (κ1) is 24.2. The molecule has 0 saturated heterocycles. The lowest BCUT2D eigenvalue weighted by Crippen LogP contribution is -2.31. The molecule has 7 nitrogen and oxygen atoms in total. The first-order valence-corrected chi connectivity index (χ1v) is 11.2. The van der Waals surface area contributed by atoms with Crippen LogP contribution >= 0.6 is 0 Å². The quantitative estimate of drug-likeness (QED) is 0.423. The lowest BCUT2D eigenvalue weighted by molar-refractivity contribution is -0.119. The van der Waals surface area contributed by atoms with Crippen LogP contribution in [0.25, 0.3) is 11.1 Å². The van der Waals surface area contributed by atoms with E-state index in [1.807, 2.05) is 18.2 Å². The SMILES string of the molecule is COCCOc1cc(F)ccc1C1C(C(=O)C(C)C)=C(O)C(=O)N1c1ccc(-c2ccoc2)cc1. The topological polar surface area (TPSA) is 89.2 Å². The van der Waals surface area contributed by atoms with Crippen LogP contribution in [-0.2, 0) is 14.3 Å². The van der Waals surface area contributed by atoms with E-state index >= 15 is 0 Å². The largest absolute Gasteiger partial charge is 0.503 e. The predicted molar refractivity (Wildman–Crippen MR) is 128 cm³/mol. The maximum atomic E-state index is 14.2. The second kappa shape index (κ2) is 10.1. The number of anilines is 1. The summed E-state index contributed by atoms with van der Waals surface area (Å²) in [6.07, 6.45) is 3.17. The highest BCUT2D eigenvalue weighted by molar-refractivity contribution is 6.17. The molecule has 1 atom stereocenters. The van der Waals surface area contributed by atoms with Crippen LogP contribution in [0.3, 0.4) is 0 Å². The molecule has 3 aromatic rings. The summed E-state index contributed by atoms with van der Waals surface area (Å²) in [6, 6.07) is 11.8. The Morgan fingerprint density at radius 2 is 1.86 bits per heavy atom. The van der Waals surface area contributed by atoms with Gasteiger partial charge in [0, 0.05) is 35.9 Å². The number of amides is 1. The van der Waals surface area contributed by atoms with E-state index in [1.54, 1.807) is 38.5 Å². The standard InChI is InChI=1S/C27H26FNO6/c1-16(2)25(30)23-24(21-9-6-19(28)14-22(21)35-13-12-33-3)29(27(32)26(23)31)20-7-4-17(5-8-20)18-10-11-34-15-18/h4-11,14-16,24,31H,12-13H2,1-3H3. The van der Waals surface area contributed by atoms with Crippen molar-refractivity contribution in [2.45, 2.75) is 19.9 Å². The number of benzene rings is 2. The zero-order valence-corrected chi connectivity index (χ0v) is 19.7. The summed E-state index contributed by atoms with van der Waals surface area (Å²) in [4.78, 5) is 27.8. The molecule has 0 radical (unpaired) electrons. The third-order valence-electron chi connectivity index (χ3n) is 5.81. The van der Waals surface area contributed by atoms with Gasteiger partial charge in [-0.3, -0.25) is 14.5 Å². The number of methoxy groups -OCH3 is 1. The number of aliphatic hydroxyl groups is 1. The molecule has 0 saturated carbocycles. The number of carbonyl (C=O) groups is 2. The van der Waals surface area contributed by atoms with Gasteiger partial charge >= 0.3 is 0 Å². The molecule has 1 unspecified atom stereocenters. The fourth-order valence-electron chi connectivity index (χ4n) is 4.07. The van der Waals surface area contributed by atoms with E-state index in [9.17, 15) is 19.1 Å². The van der Waals surface area contributed by atoms with Crippen LogP contribution in [0.5, 0.6) is 5.75 Å². The van der Waals surface area contributed by atoms with Crippen LogP contribution < -0.4 is 9.64 Å². The van der Waals surface area contributed by atoms with Crippen molar-refractivity contribution in [2.75, 3.05) is 25.2 Å². The van der Waals surface area contributed by atoms with Gasteiger partial charge in [0.1, 0.15) is 18.2 Å². The lowest BCUT2D eigenvalue weighted by atomic mass is 9.90. The first-order valence-electron chi connectivity index (χ1n) is 11.2. The number of aliphatic hydroxyl groups excluding tert-OH is 1. The first-order chi connectivity index (χ1) is 16.8. The van der Waals surface area contributed by atoms with Gasteiger partial charge < -0.3 is 19.0 Å². The smallest absolute Gasteiger partial charge is 0.294 e. The molecule has 1 aromatic heterocycles. The number of nitrogens with zero attached hydrogens (tertiary/aromatic N) is 1. The van der Waals surface area contributed by atoms with E-state index < -0.39 is 29.4 Å². The van der Waals surface area contributed by atoms with Crippen LogP contribution in [0.4, 0.5) is 10.1 Å². The Kier molecular flexibility index (Phi) is 7.02. The zero-order chi connectivity index (χ0) is 25.1. The minimum atomic E-state index is -1.00.